The van der Waals surface area contributed by atoms with Crippen LogP contribution in [0.25, 0.3) is 0 Å². The van der Waals surface area contributed by atoms with Gasteiger partial charge in [0.05, 0.1) is 12.6 Å². The molecule has 0 saturated carbocycles. The van der Waals surface area contributed by atoms with Crippen LogP contribution in [0.1, 0.15) is 45.2 Å². The Kier molecular flexibility index (Phi) is 4.48. The highest BCUT2D eigenvalue weighted by Gasteiger charge is 2.34. The van der Waals surface area contributed by atoms with Crippen LogP contribution in [0.15, 0.2) is 18.2 Å². The molecule has 2 rings (SSSR count). The van der Waals surface area contributed by atoms with Gasteiger partial charge in [-0.05, 0) is 32.4 Å². The van der Waals surface area contributed by atoms with Gasteiger partial charge in [0.2, 0.25) is 0 Å². The number of ether oxygens (including phenoxy) is 2. The highest BCUT2D eigenvalue weighted by molar-refractivity contribution is 5.51. The van der Waals surface area contributed by atoms with Gasteiger partial charge in [-0.25, -0.2) is 0 Å². The van der Waals surface area contributed by atoms with Crippen LogP contribution in [0, 0.1) is 0 Å². The molecule has 100 valence electrons. The van der Waals surface area contributed by atoms with E-state index in [1.165, 1.54) is 5.56 Å². The Morgan fingerprint density at radius 1 is 1.28 bits per heavy atom. The van der Waals surface area contributed by atoms with Gasteiger partial charge in [-0.1, -0.05) is 26.0 Å². The molecule has 1 aliphatic heterocycles. The summed E-state index contributed by atoms with van der Waals surface area (Å²) in [7, 11) is 0. The Labute approximate surface area is 109 Å². The van der Waals surface area contributed by atoms with Crippen LogP contribution in [0.2, 0.25) is 0 Å². The normalized spacial score (nSPS) is 21.5. The molecule has 18 heavy (non-hydrogen) atoms. The fraction of sp³-hybridized carbons (Fsp3) is 0.600. The minimum absolute atomic E-state index is 0.216. The summed E-state index contributed by atoms with van der Waals surface area (Å²) in [5.41, 5.74) is 1.24. The lowest BCUT2D eigenvalue weighted by atomic mass is 10.0. The molecule has 1 aromatic rings. The molecule has 3 heteroatoms. The van der Waals surface area contributed by atoms with Crippen molar-refractivity contribution < 1.29 is 9.47 Å². The zero-order valence-electron chi connectivity index (χ0n) is 11.5. The van der Waals surface area contributed by atoms with Crippen LogP contribution in [0.5, 0.6) is 11.5 Å². The molecule has 0 spiro atoms. The van der Waals surface area contributed by atoms with Gasteiger partial charge in [-0.15, -0.1) is 0 Å². The van der Waals surface area contributed by atoms with Gasteiger partial charge in [0.1, 0.15) is 6.10 Å². The first-order chi connectivity index (χ1) is 8.81. The second-order valence-electron chi connectivity index (χ2n) is 4.60. The van der Waals surface area contributed by atoms with Gasteiger partial charge in [-0.3, -0.25) is 0 Å². The minimum Gasteiger partial charge on any atom is -0.490 e. The molecule has 0 bridgehead atoms. The molecular weight excluding hydrogens is 226 g/mol. The number of fused-ring (bicyclic) bond motifs is 1. The topological polar surface area (TPSA) is 30.5 Å². The lowest BCUT2D eigenvalue weighted by Gasteiger charge is -2.18. The summed E-state index contributed by atoms with van der Waals surface area (Å²) < 4.78 is 11.7. The van der Waals surface area contributed by atoms with Crippen LogP contribution < -0.4 is 14.8 Å². The zero-order valence-corrected chi connectivity index (χ0v) is 11.5. The number of hydrogen-bond donors (Lipinski definition) is 1. The summed E-state index contributed by atoms with van der Waals surface area (Å²) in [6.45, 7) is 8.03. The number of nitrogens with one attached hydrogen (secondary N) is 1. The summed E-state index contributed by atoms with van der Waals surface area (Å²) in [6.07, 6.45) is 2.35. The molecule has 1 aromatic carbocycles. The first-order valence-corrected chi connectivity index (χ1v) is 6.97. The number of benzene rings is 1. The van der Waals surface area contributed by atoms with Crippen molar-refractivity contribution in [1.29, 1.82) is 0 Å². The monoisotopic (exact) mass is 249 g/mol. The van der Waals surface area contributed by atoms with E-state index in [9.17, 15) is 0 Å². The molecule has 0 radical (unpaired) electrons. The van der Waals surface area contributed by atoms with Crippen molar-refractivity contribution in [3.05, 3.63) is 23.8 Å². The van der Waals surface area contributed by atoms with Gasteiger partial charge in [0, 0.05) is 5.56 Å². The first kappa shape index (κ1) is 13.2. The van der Waals surface area contributed by atoms with Crippen LogP contribution >= 0.6 is 0 Å². The van der Waals surface area contributed by atoms with Crippen LogP contribution in [0.3, 0.4) is 0 Å². The third-order valence-electron chi connectivity index (χ3n) is 3.30. The highest BCUT2D eigenvalue weighted by atomic mass is 16.5. The molecule has 2 atom stereocenters. The van der Waals surface area contributed by atoms with Gasteiger partial charge in [0.25, 0.3) is 0 Å². The predicted octanol–water partition coefficient (Wildman–Crippen LogP) is 3.30. The SMILES string of the molecule is CCCNC1c2cccc(OCC)c2OC1CC. The lowest BCUT2D eigenvalue weighted by Crippen LogP contribution is -2.30. The summed E-state index contributed by atoms with van der Waals surface area (Å²) in [4.78, 5) is 0. The van der Waals surface area contributed by atoms with E-state index in [1.54, 1.807) is 0 Å². The second kappa shape index (κ2) is 6.10. The zero-order chi connectivity index (χ0) is 13.0. The van der Waals surface area contributed by atoms with Crippen molar-refractivity contribution in [1.82, 2.24) is 5.32 Å². The maximum Gasteiger partial charge on any atom is 0.166 e. The minimum atomic E-state index is 0.216. The fourth-order valence-corrected chi connectivity index (χ4v) is 2.45. The number of hydrogen-bond acceptors (Lipinski definition) is 3. The summed E-state index contributed by atoms with van der Waals surface area (Å²) in [5, 5.41) is 3.58. The molecule has 1 heterocycles. The average molecular weight is 249 g/mol. The molecule has 1 aliphatic rings. The maximum absolute atomic E-state index is 6.06. The van der Waals surface area contributed by atoms with Crippen LogP contribution in [-0.4, -0.2) is 19.3 Å². The second-order valence-corrected chi connectivity index (χ2v) is 4.60. The highest BCUT2D eigenvalue weighted by Crippen LogP contribution is 2.44. The number of rotatable bonds is 6. The average Bonchev–Trinajstić information content (AvgIpc) is 2.75. The van der Waals surface area contributed by atoms with Crippen molar-refractivity contribution in [2.24, 2.45) is 0 Å². The predicted molar refractivity (Wildman–Crippen MR) is 73.4 cm³/mol. The molecule has 3 nitrogen and oxygen atoms in total. The molecule has 2 unspecified atom stereocenters. The van der Waals surface area contributed by atoms with E-state index in [1.807, 2.05) is 19.1 Å². The molecule has 1 N–H and O–H groups in total. The van der Waals surface area contributed by atoms with Crippen molar-refractivity contribution in [2.45, 2.75) is 45.8 Å². The van der Waals surface area contributed by atoms with E-state index in [4.69, 9.17) is 9.47 Å². The lowest BCUT2D eigenvalue weighted by molar-refractivity contribution is 0.178. The van der Waals surface area contributed by atoms with E-state index in [2.05, 4.69) is 25.2 Å². The third kappa shape index (κ3) is 2.46. The first-order valence-electron chi connectivity index (χ1n) is 6.97. The fourth-order valence-electron chi connectivity index (χ4n) is 2.45. The van der Waals surface area contributed by atoms with E-state index in [0.717, 1.165) is 30.9 Å². The van der Waals surface area contributed by atoms with Gasteiger partial charge in [0.15, 0.2) is 11.5 Å². The molecular formula is C15H23NO2. The largest absolute Gasteiger partial charge is 0.490 e. The van der Waals surface area contributed by atoms with E-state index in [-0.39, 0.29) is 6.10 Å². The van der Waals surface area contributed by atoms with Gasteiger partial charge >= 0.3 is 0 Å². The smallest absolute Gasteiger partial charge is 0.166 e. The van der Waals surface area contributed by atoms with Gasteiger partial charge < -0.3 is 14.8 Å². The number of para-hydroxylation sites is 1. The van der Waals surface area contributed by atoms with Crippen LogP contribution in [0.4, 0.5) is 0 Å². The van der Waals surface area contributed by atoms with Crippen molar-refractivity contribution in [2.75, 3.05) is 13.2 Å². The Bertz CT molecular complexity index is 392. The Morgan fingerprint density at radius 2 is 2.11 bits per heavy atom. The molecule has 0 saturated heterocycles. The Morgan fingerprint density at radius 3 is 2.78 bits per heavy atom. The Balaban J connectivity index is 2.26. The van der Waals surface area contributed by atoms with E-state index >= 15 is 0 Å². The molecule has 0 aromatic heterocycles. The summed E-state index contributed by atoms with van der Waals surface area (Å²) in [6, 6.07) is 6.47. The quantitative estimate of drug-likeness (QED) is 0.839. The van der Waals surface area contributed by atoms with Gasteiger partial charge in [-0.2, -0.15) is 0 Å². The molecule has 0 amide bonds. The van der Waals surface area contributed by atoms with E-state index < -0.39 is 0 Å². The van der Waals surface area contributed by atoms with Crippen molar-refractivity contribution in [3.63, 3.8) is 0 Å². The maximum atomic E-state index is 6.06. The van der Waals surface area contributed by atoms with Crippen LogP contribution in [-0.2, 0) is 0 Å². The molecule has 0 aliphatic carbocycles. The van der Waals surface area contributed by atoms with Crippen molar-refractivity contribution >= 4 is 0 Å². The summed E-state index contributed by atoms with van der Waals surface area (Å²) in [5.74, 6) is 1.80. The Hall–Kier alpha value is -1.22. The standard InChI is InChI=1S/C15H23NO2/c1-4-10-16-14-11-8-7-9-13(17-6-3)15(11)18-12(14)5-2/h7-9,12,14,16H,4-6,10H2,1-3H3. The molecule has 0 fully saturated rings. The summed E-state index contributed by atoms with van der Waals surface area (Å²) >= 11 is 0. The third-order valence-corrected chi connectivity index (χ3v) is 3.30. The van der Waals surface area contributed by atoms with E-state index in [0.29, 0.717) is 12.6 Å². The van der Waals surface area contributed by atoms with Crippen molar-refractivity contribution in [3.8, 4) is 11.5 Å².